The number of likely N-dealkylation sites (tertiary alicyclic amines) is 1. The summed E-state index contributed by atoms with van der Waals surface area (Å²) in [6, 6.07) is 14.7. The number of carbonyl (C=O) groups excluding carboxylic acids is 3. The van der Waals surface area contributed by atoms with Crippen LogP contribution in [0.25, 0.3) is 21.3 Å². The Kier molecular flexibility index (Phi) is 17.4. The van der Waals surface area contributed by atoms with Gasteiger partial charge in [0, 0.05) is 73.1 Å². The summed E-state index contributed by atoms with van der Waals surface area (Å²) in [5.74, 6) is -2.85. The van der Waals surface area contributed by atoms with Gasteiger partial charge in [-0.25, -0.2) is 18.2 Å². The lowest BCUT2D eigenvalue weighted by molar-refractivity contribution is -0.144. The maximum atomic E-state index is 16.0. The number of para-hydroxylation sites is 1. The number of fused-ring (bicyclic) bond motifs is 3. The SMILES string of the molecule is Cc1ncsc1-c1ccc([C@H](C)NC(=O)[C@@H]2C[C@@H](O)CN2C(=O)C(NC(=O)COCCCCCOCCOc2cc(F)c([C@@H]3c4[nH]c5ccccc5c4C[C@@H](C)N3CC(C)(C)F)c(F)c2)C(C)(C)C)cc1. The summed E-state index contributed by atoms with van der Waals surface area (Å²) < 4.78 is 64.3. The van der Waals surface area contributed by atoms with Gasteiger partial charge in [0.2, 0.25) is 17.7 Å². The molecule has 4 N–H and O–H groups in total. The predicted octanol–water partition coefficient (Wildman–Crippen LogP) is 8.91. The van der Waals surface area contributed by atoms with Crippen LogP contribution in [0.5, 0.6) is 5.75 Å². The quantitative estimate of drug-likeness (QED) is 0.0527. The van der Waals surface area contributed by atoms with Crippen LogP contribution < -0.4 is 15.4 Å². The highest BCUT2D eigenvalue weighted by molar-refractivity contribution is 7.13. The predicted molar refractivity (Wildman–Crippen MR) is 269 cm³/mol. The highest BCUT2D eigenvalue weighted by Gasteiger charge is 2.45. The van der Waals surface area contributed by atoms with Crippen molar-refractivity contribution in [1.29, 1.82) is 0 Å². The Hall–Kier alpha value is -5.33. The standard InChI is InChI=1S/C54H69F3N6O7S/c1-32-24-40-39-14-10-11-15-43(39)60-47(40)48(63(32)30-54(7,8)57)46-41(55)26-38(27-42(46)56)70-23-22-68-20-12-9-13-21-69-29-45(65)61-50(53(4,5)6)52(67)62-28-37(64)25-44(62)51(66)59-33(2)35-16-18-36(19-17-35)49-34(3)58-31-71-49/h10-11,14-19,26-27,31-33,37,44,48,50,60,64H,9,12-13,20-25,28-30H2,1-8H3,(H,59,66)(H,61,65)/t32-,33+,37-,44+,48-,50?/m1/s1. The zero-order chi connectivity index (χ0) is 51.2. The number of thiazole rings is 1. The second-order valence-corrected chi connectivity index (χ2v) is 21.5. The van der Waals surface area contributed by atoms with Crippen molar-refractivity contribution >= 4 is 40.0 Å². The zero-order valence-corrected chi connectivity index (χ0v) is 42.9. The van der Waals surface area contributed by atoms with Gasteiger partial charge in [-0.1, -0.05) is 63.2 Å². The van der Waals surface area contributed by atoms with Gasteiger partial charge in [0.15, 0.2) is 0 Å². The Morgan fingerprint density at radius 2 is 1.63 bits per heavy atom. The van der Waals surface area contributed by atoms with E-state index in [1.165, 1.54) is 30.9 Å². The van der Waals surface area contributed by atoms with E-state index in [1.807, 2.05) is 100 Å². The first kappa shape index (κ1) is 53.5. The average molecular weight is 1000 g/mol. The Morgan fingerprint density at radius 3 is 2.30 bits per heavy atom. The highest BCUT2D eigenvalue weighted by Crippen LogP contribution is 2.44. The first-order valence-corrected chi connectivity index (χ1v) is 25.5. The summed E-state index contributed by atoms with van der Waals surface area (Å²) in [7, 11) is 0. The number of aromatic amines is 1. The molecule has 1 fully saturated rings. The molecule has 0 saturated carbocycles. The van der Waals surface area contributed by atoms with Crippen LogP contribution in [-0.4, -0.2) is 119 Å². The van der Waals surface area contributed by atoms with E-state index in [-0.39, 0.29) is 68.6 Å². The van der Waals surface area contributed by atoms with Crippen LogP contribution in [0.1, 0.15) is 114 Å². The summed E-state index contributed by atoms with van der Waals surface area (Å²) in [5.41, 5.74) is 4.70. The van der Waals surface area contributed by atoms with E-state index in [9.17, 15) is 19.5 Å². The van der Waals surface area contributed by atoms with Crippen LogP contribution in [-0.2, 0) is 30.3 Å². The van der Waals surface area contributed by atoms with E-state index in [0.29, 0.717) is 38.2 Å². The Balaban J connectivity index is 0.815. The lowest BCUT2D eigenvalue weighted by Gasteiger charge is -2.43. The normalized spacial score (nSPS) is 19.4. The number of benzene rings is 3. The molecule has 1 unspecified atom stereocenters. The number of aromatic nitrogens is 2. The van der Waals surface area contributed by atoms with Gasteiger partial charge in [0.1, 0.15) is 48.4 Å². The number of amides is 3. The maximum absolute atomic E-state index is 16.0. The minimum atomic E-state index is -1.60. The summed E-state index contributed by atoms with van der Waals surface area (Å²) in [6.07, 6.45) is 1.89. The third kappa shape index (κ3) is 13.2. The third-order valence-electron chi connectivity index (χ3n) is 13.3. The van der Waals surface area contributed by atoms with Crippen molar-refractivity contribution < 1.29 is 46.9 Å². The van der Waals surface area contributed by atoms with Gasteiger partial charge in [-0.2, -0.15) is 0 Å². The molecule has 6 atom stereocenters. The molecule has 5 aromatic rings. The molecule has 0 bridgehead atoms. The van der Waals surface area contributed by atoms with Crippen molar-refractivity contribution in [3.05, 3.63) is 106 Å². The molecule has 3 aromatic carbocycles. The second-order valence-electron chi connectivity index (χ2n) is 20.7. The van der Waals surface area contributed by atoms with E-state index < -0.39 is 58.8 Å². The number of halogens is 3. The minimum absolute atomic E-state index is 0.0154. The number of carbonyl (C=O) groups is 3. The number of nitrogens with zero attached hydrogens (tertiary/aromatic N) is 3. The molecule has 71 heavy (non-hydrogen) atoms. The number of rotatable bonds is 21. The molecule has 3 amide bonds. The molecule has 7 rings (SSSR count). The van der Waals surface area contributed by atoms with Crippen molar-refractivity contribution in [1.82, 2.24) is 30.4 Å². The lowest BCUT2D eigenvalue weighted by atomic mass is 9.85. The van der Waals surface area contributed by atoms with Crippen molar-refractivity contribution in [2.75, 3.05) is 46.1 Å². The number of aliphatic hydroxyl groups is 1. The van der Waals surface area contributed by atoms with Crippen LogP contribution >= 0.6 is 11.3 Å². The maximum Gasteiger partial charge on any atom is 0.246 e. The third-order valence-corrected chi connectivity index (χ3v) is 14.2. The zero-order valence-electron chi connectivity index (χ0n) is 42.1. The number of β-amino-alcohol motifs (C(OH)–C–C–N with tert-alkyl or cyclic N) is 1. The Labute approximate surface area is 418 Å². The highest BCUT2D eigenvalue weighted by atomic mass is 32.1. The largest absolute Gasteiger partial charge is 0.491 e. The molecule has 2 aromatic heterocycles. The van der Waals surface area contributed by atoms with Gasteiger partial charge >= 0.3 is 0 Å². The number of unbranched alkanes of at least 4 members (excludes halogenated alkanes) is 2. The summed E-state index contributed by atoms with van der Waals surface area (Å²) in [4.78, 5) is 52.8. The van der Waals surface area contributed by atoms with Gasteiger partial charge < -0.3 is 39.8 Å². The average Bonchev–Trinajstić information content (AvgIpc) is 4.03. The lowest BCUT2D eigenvalue weighted by Crippen LogP contribution is -2.58. The molecule has 1 saturated heterocycles. The molecule has 0 aliphatic carbocycles. The van der Waals surface area contributed by atoms with Crippen LogP contribution in [0.15, 0.2) is 66.2 Å². The summed E-state index contributed by atoms with van der Waals surface area (Å²) in [5, 5.41) is 17.4. The topological polar surface area (TPSA) is 158 Å². The van der Waals surface area contributed by atoms with Crippen LogP contribution in [0.2, 0.25) is 0 Å². The Morgan fingerprint density at radius 1 is 0.944 bits per heavy atom. The fraction of sp³-hybridized carbons (Fsp3) is 0.519. The molecular weight excluding hydrogens is 934 g/mol. The van der Waals surface area contributed by atoms with Gasteiger partial charge in [-0.3, -0.25) is 19.3 Å². The van der Waals surface area contributed by atoms with Crippen molar-refractivity contribution in [3.8, 4) is 16.2 Å². The fourth-order valence-electron chi connectivity index (χ4n) is 9.69. The van der Waals surface area contributed by atoms with Crippen LogP contribution in [0.3, 0.4) is 0 Å². The minimum Gasteiger partial charge on any atom is -0.491 e. The number of aliphatic hydroxyl groups excluding tert-OH is 1. The number of H-pyrrole nitrogens is 1. The molecule has 13 nitrogen and oxygen atoms in total. The Bertz CT molecular complexity index is 2600. The summed E-state index contributed by atoms with van der Waals surface area (Å²) >= 11 is 1.57. The van der Waals surface area contributed by atoms with Gasteiger partial charge in [0.25, 0.3) is 0 Å². The molecule has 384 valence electrons. The molecule has 2 aliphatic rings. The van der Waals surface area contributed by atoms with Gasteiger partial charge in [-0.05, 0) is 88.5 Å². The first-order chi connectivity index (χ1) is 33.7. The number of ether oxygens (including phenoxy) is 3. The second kappa shape index (κ2) is 23.0. The van der Waals surface area contributed by atoms with E-state index in [2.05, 4.69) is 20.6 Å². The summed E-state index contributed by atoms with van der Waals surface area (Å²) in [6.45, 7) is 14.9. The fourth-order valence-corrected chi connectivity index (χ4v) is 10.5. The molecule has 0 radical (unpaired) electrons. The molecule has 2 aliphatic heterocycles. The molecule has 4 heterocycles. The number of aryl methyl sites for hydroxylation is 1. The molecular formula is C54H69F3N6O7S. The van der Waals surface area contributed by atoms with Crippen LogP contribution in [0, 0.1) is 24.0 Å². The smallest absolute Gasteiger partial charge is 0.246 e. The molecule has 17 heteroatoms. The van der Waals surface area contributed by atoms with Gasteiger partial charge in [-0.15, -0.1) is 11.3 Å². The van der Waals surface area contributed by atoms with E-state index in [0.717, 1.165) is 44.6 Å². The van der Waals surface area contributed by atoms with E-state index in [1.54, 1.807) is 11.3 Å². The van der Waals surface area contributed by atoms with Crippen molar-refractivity contribution in [2.45, 2.75) is 129 Å². The monoisotopic (exact) mass is 1000 g/mol. The molecule has 0 spiro atoms. The number of alkyl halides is 1. The number of nitrogens with one attached hydrogen (secondary N) is 3. The first-order valence-electron chi connectivity index (χ1n) is 24.6. The van der Waals surface area contributed by atoms with Gasteiger partial charge in [0.05, 0.1) is 40.9 Å². The number of hydrogen-bond donors (Lipinski definition) is 4. The van der Waals surface area contributed by atoms with Crippen molar-refractivity contribution in [2.24, 2.45) is 5.41 Å². The van der Waals surface area contributed by atoms with Crippen LogP contribution in [0.4, 0.5) is 13.2 Å². The number of hydrogen-bond acceptors (Lipinski definition) is 10. The van der Waals surface area contributed by atoms with E-state index in [4.69, 9.17) is 14.2 Å². The van der Waals surface area contributed by atoms with E-state index >= 15 is 13.2 Å². The van der Waals surface area contributed by atoms with Crippen molar-refractivity contribution in [3.63, 3.8) is 0 Å².